The smallest absolute Gasteiger partial charge is 0.317 e. The van der Waals surface area contributed by atoms with Crippen LogP contribution >= 0.6 is 0 Å². The molecule has 2 aliphatic rings. The van der Waals surface area contributed by atoms with Crippen LogP contribution in [0.4, 0.5) is 4.79 Å². The second kappa shape index (κ2) is 8.08. The minimum Gasteiger partial charge on any atom is -0.481 e. The van der Waals surface area contributed by atoms with Gasteiger partial charge < -0.3 is 20.1 Å². The van der Waals surface area contributed by atoms with Gasteiger partial charge >= 0.3 is 12.0 Å². The molecule has 1 aromatic rings. The number of urea groups is 1. The molecule has 1 saturated heterocycles. The molecule has 2 fully saturated rings. The third-order valence-corrected chi connectivity index (χ3v) is 5.74. The van der Waals surface area contributed by atoms with Gasteiger partial charge in [0.05, 0.1) is 12.0 Å². The lowest BCUT2D eigenvalue weighted by molar-refractivity contribution is -0.149. The van der Waals surface area contributed by atoms with Crippen molar-refractivity contribution in [2.75, 3.05) is 19.7 Å². The fourth-order valence-electron chi connectivity index (χ4n) is 4.27. The van der Waals surface area contributed by atoms with Gasteiger partial charge in [0.25, 0.3) is 0 Å². The summed E-state index contributed by atoms with van der Waals surface area (Å²) in [5.74, 6) is -0.672. The van der Waals surface area contributed by atoms with Crippen LogP contribution in [0.15, 0.2) is 24.3 Å². The van der Waals surface area contributed by atoms with Crippen molar-refractivity contribution in [2.24, 2.45) is 11.3 Å². The molecule has 0 radical (unpaired) electrons. The molecule has 26 heavy (non-hydrogen) atoms. The van der Waals surface area contributed by atoms with Gasteiger partial charge in [0.2, 0.25) is 0 Å². The molecule has 2 N–H and O–H groups in total. The summed E-state index contributed by atoms with van der Waals surface area (Å²) in [6.07, 6.45) is 3.49. The van der Waals surface area contributed by atoms with E-state index in [1.807, 2.05) is 24.3 Å². The quantitative estimate of drug-likeness (QED) is 0.733. The van der Waals surface area contributed by atoms with Crippen LogP contribution in [0.5, 0.6) is 0 Å². The zero-order valence-electron chi connectivity index (χ0n) is 15.4. The Balaban J connectivity index is 1.58. The van der Waals surface area contributed by atoms with E-state index in [4.69, 9.17) is 4.74 Å². The topological polar surface area (TPSA) is 78.9 Å². The number of aliphatic carboxylic acids is 1. The molecule has 6 nitrogen and oxygen atoms in total. The van der Waals surface area contributed by atoms with Gasteiger partial charge in [-0.3, -0.25) is 4.79 Å². The van der Waals surface area contributed by atoms with E-state index in [1.54, 1.807) is 4.90 Å². The largest absolute Gasteiger partial charge is 0.481 e. The molecular weight excluding hydrogens is 332 g/mol. The number of nitrogens with zero attached hydrogens (tertiary/aromatic N) is 1. The van der Waals surface area contributed by atoms with E-state index < -0.39 is 11.4 Å². The SMILES string of the molecule is CCCOCc1ccccc1CNC(=O)N1C[C@@H]2CCC[C@@]2(C(=O)O)C1. The molecule has 6 heteroatoms. The number of ether oxygens (including phenoxy) is 1. The predicted molar refractivity (Wildman–Crippen MR) is 97.6 cm³/mol. The number of carboxylic acids is 1. The maximum absolute atomic E-state index is 12.6. The fourth-order valence-corrected chi connectivity index (χ4v) is 4.27. The van der Waals surface area contributed by atoms with Crippen molar-refractivity contribution in [2.45, 2.75) is 45.8 Å². The van der Waals surface area contributed by atoms with Gasteiger partial charge in [0.15, 0.2) is 0 Å². The number of nitrogens with one attached hydrogen (secondary N) is 1. The van der Waals surface area contributed by atoms with Crippen molar-refractivity contribution in [3.05, 3.63) is 35.4 Å². The zero-order chi connectivity index (χ0) is 18.6. The van der Waals surface area contributed by atoms with E-state index in [1.165, 1.54) is 0 Å². The summed E-state index contributed by atoms with van der Waals surface area (Å²) < 4.78 is 5.62. The molecule has 0 spiro atoms. The Kier molecular flexibility index (Phi) is 5.81. The molecule has 0 bridgehead atoms. The molecule has 142 valence electrons. The molecule has 1 aliphatic carbocycles. The van der Waals surface area contributed by atoms with Crippen molar-refractivity contribution in [3.8, 4) is 0 Å². The van der Waals surface area contributed by atoms with Crippen molar-refractivity contribution < 1.29 is 19.4 Å². The molecular formula is C20H28N2O4. The van der Waals surface area contributed by atoms with Crippen LogP contribution in [-0.2, 0) is 22.7 Å². The van der Waals surface area contributed by atoms with Crippen LogP contribution in [0.1, 0.15) is 43.7 Å². The third-order valence-electron chi connectivity index (χ3n) is 5.74. The first kappa shape index (κ1) is 18.7. The van der Waals surface area contributed by atoms with E-state index >= 15 is 0 Å². The third kappa shape index (κ3) is 3.70. The highest BCUT2D eigenvalue weighted by Crippen LogP contribution is 2.48. The first-order valence-electron chi connectivity index (χ1n) is 9.47. The molecule has 0 aromatic heterocycles. The molecule has 1 saturated carbocycles. The number of carbonyl (C=O) groups excluding carboxylic acids is 1. The number of amides is 2. The monoisotopic (exact) mass is 360 g/mol. The average molecular weight is 360 g/mol. The van der Waals surface area contributed by atoms with Crippen LogP contribution in [-0.4, -0.2) is 41.7 Å². The number of carboxylic acid groups (broad SMARTS) is 1. The summed E-state index contributed by atoms with van der Waals surface area (Å²) in [5.41, 5.74) is 1.37. The van der Waals surface area contributed by atoms with Gasteiger partial charge in [-0.1, -0.05) is 37.6 Å². The van der Waals surface area contributed by atoms with Crippen molar-refractivity contribution in [1.29, 1.82) is 0 Å². The van der Waals surface area contributed by atoms with Crippen LogP contribution in [0.3, 0.4) is 0 Å². The van der Waals surface area contributed by atoms with Gasteiger partial charge in [-0.15, -0.1) is 0 Å². The number of benzene rings is 1. The Hall–Kier alpha value is -2.08. The second-order valence-corrected chi connectivity index (χ2v) is 7.41. The van der Waals surface area contributed by atoms with Gasteiger partial charge in [-0.2, -0.15) is 0 Å². The minimum atomic E-state index is -0.756. The molecule has 3 rings (SSSR count). The highest BCUT2D eigenvalue weighted by molar-refractivity contribution is 5.80. The van der Waals surface area contributed by atoms with Gasteiger partial charge in [-0.25, -0.2) is 4.79 Å². The normalized spacial score (nSPS) is 24.5. The van der Waals surface area contributed by atoms with Gasteiger partial charge in [0, 0.05) is 26.2 Å². The molecule has 1 heterocycles. The Bertz CT molecular complexity index is 663. The maximum Gasteiger partial charge on any atom is 0.317 e. The highest BCUT2D eigenvalue weighted by atomic mass is 16.5. The Morgan fingerprint density at radius 2 is 2.12 bits per heavy atom. The highest BCUT2D eigenvalue weighted by Gasteiger charge is 2.55. The van der Waals surface area contributed by atoms with Gasteiger partial charge in [-0.05, 0) is 36.3 Å². The Labute approximate surface area is 154 Å². The Morgan fingerprint density at radius 3 is 2.81 bits per heavy atom. The first-order valence-corrected chi connectivity index (χ1v) is 9.47. The number of fused-ring (bicyclic) bond motifs is 1. The van der Waals surface area contributed by atoms with Gasteiger partial charge in [0.1, 0.15) is 0 Å². The first-order chi connectivity index (χ1) is 12.6. The lowest BCUT2D eigenvalue weighted by Crippen LogP contribution is -2.41. The van der Waals surface area contributed by atoms with E-state index in [2.05, 4.69) is 12.2 Å². The standard InChI is InChI=1S/C20H28N2O4/c1-2-10-26-13-16-7-4-3-6-15(16)11-21-19(25)22-12-17-8-5-9-20(17,14-22)18(23)24/h3-4,6-7,17H,2,5,8-14H2,1H3,(H,21,25)(H,23,24)/t17-,20+/m0/s1. The number of hydrogen-bond donors (Lipinski definition) is 2. The summed E-state index contributed by atoms with van der Waals surface area (Å²) in [6.45, 7) is 4.60. The molecule has 2 atom stereocenters. The number of likely N-dealkylation sites (tertiary alicyclic amines) is 1. The van der Waals surface area contributed by atoms with Crippen molar-refractivity contribution in [3.63, 3.8) is 0 Å². The van der Waals surface area contributed by atoms with Crippen LogP contribution in [0.25, 0.3) is 0 Å². The summed E-state index contributed by atoms with van der Waals surface area (Å²) in [5, 5.41) is 12.6. The number of hydrogen-bond acceptors (Lipinski definition) is 3. The number of rotatable bonds is 7. The average Bonchev–Trinajstić information content (AvgIpc) is 3.19. The van der Waals surface area contributed by atoms with E-state index in [9.17, 15) is 14.7 Å². The van der Waals surface area contributed by atoms with Crippen molar-refractivity contribution in [1.82, 2.24) is 10.2 Å². The summed E-state index contributed by atoms with van der Waals surface area (Å²) in [6, 6.07) is 7.74. The lowest BCUT2D eigenvalue weighted by Gasteiger charge is -2.23. The van der Waals surface area contributed by atoms with Crippen LogP contribution in [0, 0.1) is 11.3 Å². The number of carbonyl (C=O) groups is 2. The Morgan fingerprint density at radius 1 is 1.35 bits per heavy atom. The maximum atomic E-state index is 12.6. The second-order valence-electron chi connectivity index (χ2n) is 7.41. The molecule has 1 aliphatic heterocycles. The van der Waals surface area contributed by atoms with Crippen LogP contribution in [0.2, 0.25) is 0 Å². The van der Waals surface area contributed by atoms with E-state index in [0.29, 0.717) is 39.3 Å². The van der Waals surface area contributed by atoms with E-state index in [0.717, 1.165) is 30.4 Å². The van der Waals surface area contributed by atoms with E-state index in [-0.39, 0.29) is 11.9 Å². The predicted octanol–water partition coefficient (Wildman–Crippen LogP) is 3.01. The van der Waals surface area contributed by atoms with Crippen LogP contribution < -0.4 is 5.32 Å². The molecule has 2 amide bonds. The summed E-state index contributed by atoms with van der Waals surface area (Å²) >= 11 is 0. The zero-order valence-corrected chi connectivity index (χ0v) is 15.4. The molecule has 0 unspecified atom stereocenters. The minimum absolute atomic E-state index is 0.0838. The summed E-state index contributed by atoms with van der Waals surface area (Å²) in [4.78, 5) is 26.0. The summed E-state index contributed by atoms with van der Waals surface area (Å²) in [7, 11) is 0. The fraction of sp³-hybridized carbons (Fsp3) is 0.600. The lowest BCUT2D eigenvalue weighted by atomic mass is 9.81. The van der Waals surface area contributed by atoms with Crippen molar-refractivity contribution >= 4 is 12.0 Å². The molecule has 1 aromatic carbocycles.